The molecule has 2 aromatic rings. The number of hydrogen-bond acceptors (Lipinski definition) is 3. The summed E-state index contributed by atoms with van der Waals surface area (Å²) < 4.78 is 13.9. The predicted octanol–water partition coefficient (Wildman–Crippen LogP) is 3.47. The predicted molar refractivity (Wildman–Crippen MR) is 78.1 cm³/mol. The quantitative estimate of drug-likeness (QED) is 0.910. The zero-order valence-electron chi connectivity index (χ0n) is 10.9. The van der Waals surface area contributed by atoms with E-state index in [1.807, 2.05) is 17.4 Å². The molecule has 2 heterocycles. The zero-order chi connectivity index (χ0) is 13.4. The first-order chi connectivity index (χ1) is 9.22. The molecule has 0 radical (unpaired) electrons. The molecule has 2 N–H and O–H groups in total. The zero-order valence-corrected chi connectivity index (χ0v) is 11.7. The van der Waals surface area contributed by atoms with Gasteiger partial charge < -0.3 is 10.6 Å². The van der Waals surface area contributed by atoms with E-state index in [0.717, 1.165) is 18.7 Å². The lowest BCUT2D eigenvalue weighted by Crippen LogP contribution is -2.34. The summed E-state index contributed by atoms with van der Waals surface area (Å²) in [7, 11) is 0. The highest BCUT2D eigenvalue weighted by Gasteiger charge is 2.26. The first-order valence-electron chi connectivity index (χ1n) is 6.52. The van der Waals surface area contributed by atoms with Gasteiger partial charge in [-0.2, -0.15) is 0 Å². The fourth-order valence-electron chi connectivity index (χ4n) is 2.86. The molecule has 1 unspecified atom stereocenters. The van der Waals surface area contributed by atoms with Crippen LogP contribution in [0, 0.1) is 5.82 Å². The highest BCUT2D eigenvalue weighted by Crippen LogP contribution is 2.37. The second kappa shape index (κ2) is 4.94. The van der Waals surface area contributed by atoms with Gasteiger partial charge in [-0.25, -0.2) is 4.39 Å². The molecule has 0 saturated heterocycles. The Morgan fingerprint density at radius 3 is 3.05 bits per heavy atom. The first-order valence-corrected chi connectivity index (χ1v) is 7.40. The fourth-order valence-corrected chi connectivity index (χ4v) is 3.82. The van der Waals surface area contributed by atoms with Crippen molar-refractivity contribution in [2.45, 2.75) is 25.9 Å². The molecule has 100 valence electrons. The van der Waals surface area contributed by atoms with Crippen molar-refractivity contribution in [3.05, 3.63) is 51.5 Å². The van der Waals surface area contributed by atoms with Gasteiger partial charge in [-0.05, 0) is 42.5 Å². The molecule has 1 aliphatic rings. The molecule has 4 heteroatoms. The molecule has 0 aliphatic carbocycles. The number of nitrogens with two attached hydrogens (primary N) is 1. The van der Waals surface area contributed by atoms with E-state index in [1.54, 1.807) is 6.07 Å². The maximum Gasteiger partial charge on any atom is 0.129 e. The van der Waals surface area contributed by atoms with Crippen LogP contribution in [0.15, 0.2) is 29.6 Å². The smallest absolute Gasteiger partial charge is 0.129 e. The molecule has 0 bridgehead atoms. The van der Waals surface area contributed by atoms with E-state index in [-0.39, 0.29) is 18.4 Å². The summed E-state index contributed by atoms with van der Waals surface area (Å²) in [5.74, 6) is -0.205. The van der Waals surface area contributed by atoms with Crippen molar-refractivity contribution < 1.29 is 4.39 Å². The van der Waals surface area contributed by atoms with Crippen LogP contribution in [0.4, 0.5) is 10.1 Å². The van der Waals surface area contributed by atoms with Crippen molar-refractivity contribution in [1.82, 2.24) is 0 Å². The number of fused-ring (bicyclic) bond motifs is 1. The Balaban J connectivity index is 2.02. The lowest BCUT2D eigenvalue weighted by atomic mass is 9.99. The van der Waals surface area contributed by atoms with Crippen LogP contribution in [0.5, 0.6) is 0 Å². The average molecular weight is 276 g/mol. The van der Waals surface area contributed by atoms with Crippen molar-refractivity contribution in [1.29, 1.82) is 0 Å². The topological polar surface area (TPSA) is 29.3 Å². The van der Waals surface area contributed by atoms with Crippen molar-refractivity contribution >= 4 is 17.0 Å². The van der Waals surface area contributed by atoms with Crippen LogP contribution < -0.4 is 10.6 Å². The van der Waals surface area contributed by atoms with Crippen LogP contribution in [0.25, 0.3) is 0 Å². The van der Waals surface area contributed by atoms with E-state index in [2.05, 4.69) is 23.3 Å². The van der Waals surface area contributed by atoms with Gasteiger partial charge in [0.25, 0.3) is 0 Å². The van der Waals surface area contributed by atoms with E-state index >= 15 is 0 Å². The molecular formula is C15H17FN2S. The molecule has 3 rings (SSSR count). The SMILES string of the molecule is CC1c2ccsc2CCN1c1cccc(F)c1CN. The third kappa shape index (κ3) is 2.05. The number of thiophene rings is 1. The van der Waals surface area contributed by atoms with E-state index in [0.29, 0.717) is 5.56 Å². The third-order valence-corrected chi connectivity index (χ3v) is 4.88. The van der Waals surface area contributed by atoms with Gasteiger partial charge in [0.2, 0.25) is 0 Å². The number of nitrogens with zero attached hydrogens (tertiary/aromatic N) is 1. The van der Waals surface area contributed by atoms with Crippen LogP contribution in [0.2, 0.25) is 0 Å². The van der Waals surface area contributed by atoms with Crippen molar-refractivity contribution in [3.63, 3.8) is 0 Å². The molecule has 0 spiro atoms. The maximum absolute atomic E-state index is 13.9. The highest BCUT2D eigenvalue weighted by atomic mass is 32.1. The molecule has 2 nitrogen and oxygen atoms in total. The molecule has 1 aliphatic heterocycles. The van der Waals surface area contributed by atoms with Gasteiger partial charge in [0.1, 0.15) is 5.82 Å². The highest BCUT2D eigenvalue weighted by molar-refractivity contribution is 7.10. The molecular weight excluding hydrogens is 259 g/mol. The Labute approximate surface area is 116 Å². The standard InChI is InChI=1S/C15H17FN2S/c1-10-11-6-8-19-15(11)5-7-18(10)14-4-2-3-13(16)12(14)9-17/h2-4,6,8,10H,5,7,9,17H2,1H3. The van der Waals surface area contributed by atoms with E-state index in [9.17, 15) is 4.39 Å². The Morgan fingerprint density at radius 1 is 1.42 bits per heavy atom. The lowest BCUT2D eigenvalue weighted by molar-refractivity contribution is 0.595. The van der Waals surface area contributed by atoms with Gasteiger partial charge in [-0.15, -0.1) is 11.3 Å². The number of rotatable bonds is 2. The van der Waals surface area contributed by atoms with Gasteiger partial charge >= 0.3 is 0 Å². The Hall–Kier alpha value is -1.39. The van der Waals surface area contributed by atoms with Gasteiger partial charge in [0.15, 0.2) is 0 Å². The molecule has 0 amide bonds. The van der Waals surface area contributed by atoms with E-state index in [4.69, 9.17) is 5.73 Å². The van der Waals surface area contributed by atoms with Gasteiger partial charge in [0.05, 0.1) is 6.04 Å². The second-order valence-electron chi connectivity index (χ2n) is 4.86. The number of benzene rings is 1. The number of hydrogen-bond donors (Lipinski definition) is 1. The minimum atomic E-state index is -0.205. The normalized spacial score (nSPS) is 18.5. The van der Waals surface area contributed by atoms with Crippen LogP contribution in [-0.4, -0.2) is 6.54 Å². The third-order valence-electron chi connectivity index (χ3n) is 3.88. The summed E-state index contributed by atoms with van der Waals surface area (Å²) in [6, 6.07) is 7.68. The summed E-state index contributed by atoms with van der Waals surface area (Å²) in [5, 5.41) is 2.14. The van der Waals surface area contributed by atoms with Crippen LogP contribution >= 0.6 is 11.3 Å². The summed E-state index contributed by atoms with van der Waals surface area (Å²) >= 11 is 1.81. The maximum atomic E-state index is 13.9. The molecule has 1 aromatic carbocycles. The Morgan fingerprint density at radius 2 is 2.26 bits per heavy atom. The molecule has 1 aromatic heterocycles. The largest absolute Gasteiger partial charge is 0.364 e. The van der Waals surface area contributed by atoms with Crippen molar-refractivity contribution in [3.8, 4) is 0 Å². The molecule has 1 atom stereocenters. The second-order valence-corrected chi connectivity index (χ2v) is 5.86. The Kier molecular flexibility index (Phi) is 3.29. The fraction of sp³-hybridized carbons (Fsp3) is 0.333. The van der Waals surface area contributed by atoms with Crippen LogP contribution in [-0.2, 0) is 13.0 Å². The lowest BCUT2D eigenvalue weighted by Gasteiger charge is -2.36. The van der Waals surface area contributed by atoms with E-state index < -0.39 is 0 Å². The minimum Gasteiger partial charge on any atom is -0.364 e. The molecule has 0 saturated carbocycles. The number of halogens is 1. The van der Waals surface area contributed by atoms with Crippen LogP contribution in [0.1, 0.15) is 29.0 Å². The summed E-state index contributed by atoms with van der Waals surface area (Å²) in [5.41, 5.74) is 8.63. The van der Waals surface area contributed by atoms with Crippen molar-refractivity contribution in [2.75, 3.05) is 11.4 Å². The monoisotopic (exact) mass is 276 g/mol. The van der Waals surface area contributed by atoms with Gasteiger partial charge in [-0.3, -0.25) is 0 Å². The first kappa shape index (κ1) is 12.6. The molecule has 19 heavy (non-hydrogen) atoms. The summed E-state index contributed by atoms with van der Waals surface area (Å²) in [6.45, 7) is 3.34. The van der Waals surface area contributed by atoms with E-state index in [1.165, 1.54) is 16.5 Å². The van der Waals surface area contributed by atoms with Crippen LogP contribution in [0.3, 0.4) is 0 Å². The van der Waals surface area contributed by atoms with Gasteiger partial charge in [0, 0.05) is 29.2 Å². The number of anilines is 1. The van der Waals surface area contributed by atoms with Gasteiger partial charge in [-0.1, -0.05) is 6.07 Å². The summed E-state index contributed by atoms with van der Waals surface area (Å²) in [6.07, 6.45) is 1.03. The molecule has 0 fully saturated rings. The van der Waals surface area contributed by atoms with Crippen molar-refractivity contribution in [2.24, 2.45) is 5.73 Å². The minimum absolute atomic E-state index is 0.205. The average Bonchev–Trinajstić information content (AvgIpc) is 2.88. The summed E-state index contributed by atoms with van der Waals surface area (Å²) in [4.78, 5) is 3.72. The Bertz CT molecular complexity index is 594.